The predicted molar refractivity (Wildman–Crippen MR) is 329 cm³/mol. The van der Waals surface area contributed by atoms with Gasteiger partial charge in [-0.2, -0.15) is 11.8 Å². The summed E-state index contributed by atoms with van der Waals surface area (Å²) >= 11 is 1.29. The summed E-state index contributed by atoms with van der Waals surface area (Å²) in [6, 6.07) is -10.3. The molecule has 11 atom stereocenters. The Balaban J connectivity index is 1.81. The van der Waals surface area contributed by atoms with Gasteiger partial charge in [-0.15, -0.1) is 0 Å². The number of nitrogens with two attached hydrogens (primary N) is 4. The van der Waals surface area contributed by atoms with Crippen LogP contribution in [0.25, 0.3) is 0 Å². The van der Waals surface area contributed by atoms with Gasteiger partial charge in [0.1, 0.15) is 66.2 Å². The molecule has 1 aromatic rings. The fourth-order valence-corrected chi connectivity index (χ4v) is 10.6. The second-order valence-corrected chi connectivity index (χ2v) is 24.1. The fraction of sp³-hybridized carbons (Fsp3) is 0.649. The number of aliphatic hydroxyl groups excluding tert-OH is 2. The molecule has 21 N–H and O–H groups in total. The number of rotatable bonds is 39. The second kappa shape index (κ2) is 38.4. The van der Waals surface area contributed by atoms with Gasteiger partial charge in [-0.3, -0.25) is 62.5 Å². The molecule has 508 valence electrons. The third kappa shape index (κ3) is 25.8. The summed E-state index contributed by atoms with van der Waals surface area (Å²) in [6.07, 6.45) is 0.255. The minimum atomic E-state index is -1.75. The summed E-state index contributed by atoms with van der Waals surface area (Å²) in [6.45, 7) is 4.98. The van der Waals surface area contributed by atoms with Crippen molar-refractivity contribution in [2.75, 3.05) is 44.9 Å². The number of hydrogen-bond donors (Lipinski definition) is 17. The Kier molecular flexibility index (Phi) is 32.4. The number of aliphatic hydroxyl groups is 2. The highest BCUT2D eigenvalue weighted by Gasteiger charge is 2.43. The number of aliphatic carboxylic acids is 2. The number of hydrogen-bond acceptors (Lipinski definition) is 19. The molecule has 33 nitrogen and oxygen atoms in total. The molecule has 0 saturated carbocycles. The van der Waals surface area contributed by atoms with Gasteiger partial charge in [0.15, 0.2) is 5.96 Å². The van der Waals surface area contributed by atoms with E-state index in [0.29, 0.717) is 5.56 Å². The van der Waals surface area contributed by atoms with E-state index in [2.05, 4.69) is 47.5 Å². The molecular weight excluding hydrogens is 1210 g/mol. The monoisotopic (exact) mass is 1310 g/mol. The normalized spacial score (nSPS) is 17.5. The molecule has 2 fully saturated rings. The van der Waals surface area contributed by atoms with Crippen molar-refractivity contribution in [3.8, 4) is 5.75 Å². The fourth-order valence-electron chi connectivity index (χ4n) is 10.2. The van der Waals surface area contributed by atoms with E-state index in [4.69, 9.17) is 22.9 Å². The highest BCUT2D eigenvalue weighted by molar-refractivity contribution is 7.98. The van der Waals surface area contributed by atoms with E-state index in [1.165, 1.54) is 36.0 Å². The number of phenols is 1. The van der Waals surface area contributed by atoms with E-state index in [-0.39, 0.29) is 113 Å². The summed E-state index contributed by atoms with van der Waals surface area (Å²) in [5.41, 5.74) is 23.0. The molecule has 2 aliphatic heterocycles. The third-order valence-electron chi connectivity index (χ3n) is 14.8. The maximum Gasteiger partial charge on any atom is 0.326 e. The predicted octanol–water partition coefficient (Wildman–Crippen LogP) is -5.17. The molecule has 11 amide bonds. The van der Waals surface area contributed by atoms with Gasteiger partial charge in [-0.05, 0) is 106 Å². The van der Waals surface area contributed by atoms with Crippen LogP contribution >= 0.6 is 11.8 Å². The van der Waals surface area contributed by atoms with E-state index >= 15 is 0 Å². The first-order chi connectivity index (χ1) is 42.9. The zero-order valence-corrected chi connectivity index (χ0v) is 52.7. The largest absolute Gasteiger partial charge is 0.508 e. The summed E-state index contributed by atoms with van der Waals surface area (Å²) in [7, 11) is 0. The standard InChI is InChI=1S/C57H91N15O18S/c1-29(2)23-33(58)46(79)66-37(25-31-12-14-32(75)15-13-31)49(82)63-34(9-6-19-62-57(60)61)47(80)70-41(28-74)55(88)72-21-8-11-43(72)53(86)69-40(27-73)51(84)65-36(18-22-91-5)54(87)71-20-7-10-42(71)52(85)64-35(16-17-45(77)78)48(81)67-38(26-44(59)76)50(83)68-39(56(89)90)24-30(3)4/h12-15,29-30,33-43,73-75H,6-11,16-28,58H2,1-5H3,(H2,59,76)(H,63,82)(H,64,85)(H,65,84)(H,66,79)(H,67,81)(H,68,83)(H,69,86)(H,70,80)(H,77,78)(H,89,90)(H4,60,61,62)/t33-,34-,35-,36-,37-,38-,39-,40-,41-,42-,43-/m0/s1. The number of guanidine groups is 1. The number of aromatic hydroxyl groups is 1. The SMILES string of the molecule is CSCC[C@H](NC(=O)[C@H](CO)NC(=O)[C@@H]1CCCN1C(=O)[C@H](CO)NC(=O)[C@H](CCCN=C(N)N)NC(=O)[C@H](Cc1ccc(O)cc1)NC(=O)[C@@H](N)CC(C)C)C(=O)N1CCC[C@H]1C(=O)N[C@@H](CCC(=O)O)C(=O)N[C@@H](CC(N)=O)C(=O)N[C@@H](CC(C)C)C(=O)O. The van der Waals surface area contributed by atoms with Crippen molar-refractivity contribution in [2.24, 2.45) is 39.8 Å². The lowest BCUT2D eigenvalue weighted by atomic mass is 10.0. The van der Waals surface area contributed by atoms with Crippen LogP contribution in [0, 0.1) is 11.8 Å². The van der Waals surface area contributed by atoms with Crippen molar-refractivity contribution in [1.82, 2.24) is 52.3 Å². The van der Waals surface area contributed by atoms with Crippen LogP contribution in [0.1, 0.15) is 110 Å². The Bertz CT molecular complexity index is 2740. The Hall–Kier alpha value is -8.37. The number of primary amides is 1. The molecule has 2 heterocycles. The van der Waals surface area contributed by atoms with E-state index in [1.807, 2.05) is 13.8 Å². The maximum absolute atomic E-state index is 14.4. The molecule has 2 saturated heterocycles. The molecule has 0 radical (unpaired) electrons. The van der Waals surface area contributed by atoms with Crippen molar-refractivity contribution in [3.05, 3.63) is 29.8 Å². The van der Waals surface area contributed by atoms with Crippen LogP contribution in [-0.4, -0.2) is 230 Å². The number of carbonyl (C=O) groups excluding carboxylic acids is 11. The number of carboxylic acid groups (broad SMARTS) is 2. The molecule has 1 aromatic carbocycles. The van der Waals surface area contributed by atoms with Gasteiger partial charge in [0.2, 0.25) is 65.0 Å². The van der Waals surface area contributed by atoms with Gasteiger partial charge < -0.3 is 101 Å². The van der Waals surface area contributed by atoms with E-state index < -0.39 is 176 Å². The van der Waals surface area contributed by atoms with Crippen LogP contribution in [0.3, 0.4) is 0 Å². The van der Waals surface area contributed by atoms with Crippen LogP contribution < -0.4 is 65.5 Å². The highest BCUT2D eigenvalue weighted by Crippen LogP contribution is 2.23. The van der Waals surface area contributed by atoms with Gasteiger partial charge in [0.05, 0.1) is 25.7 Å². The smallest absolute Gasteiger partial charge is 0.326 e. The number of amides is 11. The van der Waals surface area contributed by atoms with Crippen molar-refractivity contribution >= 4 is 94.6 Å². The summed E-state index contributed by atoms with van der Waals surface area (Å²) < 4.78 is 0. The van der Waals surface area contributed by atoms with Gasteiger partial charge in [0, 0.05) is 32.5 Å². The topological polar surface area (TPSA) is 542 Å². The molecule has 0 aromatic heterocycles. The molecule has 0 spiro atoms. The number of nitrogens with one attached hydrogen (secondary N) is 8. The number of phenolic OH excluding ortho intramolecular Hbond substituents is 1. The van der Waals surface area contributed by atoms with E-state index in [0.717, 1.165) is 9.80 Å². The lowest BCUT2D eigenvalue weighted by Crippen LogP contribution is -2.61. The van der Waals surface area contributed by atoms with Crippen LogP contribution in [0.15, 0.2) is 29.3 Å². The van der Waals surface area contributed by atoms with Crippen LogP contribution in [0.2, 0.25) is 0 Å². The van der Waals surface area contributed by atoms with Crippen molar-refractivity contribution in [3.63, 3.8) is 0 Å². The minimum Gasteiger partial charge on any atom is -0.508 e. The summed E-state index contributed by atoms with van der Waals surface area (Å²) in [5.74, 6) is -13.4. The Morgan fingerprint density at radius 3 is 1.55 bits per heavy atom. The maximum atomic E-state index is 14.4. The van der Waals surface area contributed by atoms with Crippen LogP contribution in [0.4, 0.5) is 0 Å². The first-order valence-electron chi connectivity index (χ1n) is 30.0. The molecule has 2 aliphatic rings. The van der Waals surface area contributed by atoms with E-state index in [9.17, 15) is 87.9 Å². The number of aliphatic imine (C=N–C) groups is 1. The highest BCUT2D eigenvalue weighted by atomic mass is 32.2. The van der Waals surface area contributed by atoms with Gasteiger partial charge in [-0.25, -0.2) is 4.79 Å². The quantitative estimate of drug-likeness (QED) is 0.0166. The van der Waals surface area contributed by atoms with Crippen LogP contribution in [-0.2, 0) is 68.7 Å². The number of thioether (sulfide) groups is 1. The van der Waals surface area contributed by atoms with Gasteiger partial charge in [0.25, 0.3) is 0 Å². The Morgan fingerprint density at radius 2 is 1.04 bits per heavy atom. The molecule has 0 bridgehead atoms. The average molecular weight is 1310 g/mol. The van der Waals surface area contributed by atoms with Crippen molar-refractivity contribution in [2.45, 2.75) is 178 Å². The lowest BCUT2D eigenvalue weighted by Gasteiger charge is -2.31. The molecular formula is C57H91N15O18S. The number of likely N-dealkylation sites (tertiary alicyclic amines) is 2. The first-order valence-corrected chi connectivity index (χ1v) is 31.4. The second-order valence-electron chi connectivity index (χ2n) is 23.1. The Labute approximate surface area is 530 Å². The molecule has 3 rings (SSSR count). The number of nitrogens with zero attached hydrogens (tertiary/aromatic N) is 3. The van der Waals surface area contributed by atoms with Gasteiger partial charge >= 0.3 is 11.9 Å². The number of carbonyl (C=O) groups is 13. The minimum absolute atomic E-state index is 0.00382. The molecule has 0 aliphatic carbocycles. The van der Waals surface area contributed by atoms with Crippen molar-refractivity contribution in [1.29, 1.82) is 0 Å². The molecule has 0 unspecified atom stereocenters. The van der Waals surface area contributed by atoms with Gasteiger partial charge in [-0.1, -0.05) is 39.8 Å². The van der Waals surface area contributed by atoms with Crippen molar-refractivity contribution < 1.29 is 87.9 Å². The first kappa shape index (κ1) is 76.9. The zero-order valence-electron chi connectivity index (χ0n) is 51.9. The lowest BCUT2D eigenvalue weighted by molar-refractivity contribution is -0.144. The molecule has 91 heavy (non-hydrogen) atoms. The van der Waals surface area contributed by atoms with Crippen LogP contribution in [0.5, 0.6) is 5.75 Å². The number of carboxylic acids is 2. The number of benzene rings is 1. The summed E-state index contributed by atoms with van der Waals surface area (Å²) in [4.78, 5) is 181. The third-order valence-corrected chi connectivity index (χ3v) is 15.4. The molecule has 34 heteroatoms. The Morgan fingerprint density at radius 1 is 0.582 bits per heavy atom. The van der Waals surface area contributed by atoms with E-state index in [1.54, 1.807) is 20.1 Å². The average Bonchev–Trinajstić information content (AvgIpc) is 1.98. The summed E-state index contributed by atoms with van der Waals surface area (Å²) in [5, 5.41) is 69.7. The zero-order chi connectivity index (χ0) is 68.2.